The van der Waals surface area contributed by atoms with E-state index < -0.39 is 0 Å². The van der Waals surface area contributed by atoms with Gasteiger partial charge in [0.25, 0.3) is 0 Å². The fraction of sp³-hybridized carbons (Fsp3) is 0.421. The molecule has 0 amide bonds. The van der Waals surface area contributed by atoms with Crippen molar-refractivity contribution in [3.05, 3.63) is 47.1 Å². The lowest BCUT2D eigenvalue weighted by molar-refractivity contribution is 0.380. The number of aromatic nitrogens is 3. The fourth-order valence-electron chi connectivity index (χ4n) is 3.05. The van der Waals surface area contributed by atoms with E-state index in [4.69, 9.17) is 4.52 Å². The van der Waals surface area contributed by atoms with E-state index in [1.807, 2.05) is 25.2 Å². The average Bonchev–Trinajstić information content (AvgIpc) is 3.22. The Labute approximate surface area is 153 Å². The molecule has 0 unspecified atom stereocenters. The van der Waals surface area contributed by atoms with Gasteiger partial charge in [0.2, 0.25) is 0 Å². The third kappa shape index (κ3) is 3.56. The molecule has 138 valence electrons. The van der Waals surface area contributed by atoms with Gasteiger partial charge in [0, 0.05) is 32.6 Å². The van der Waals surface area contributed by atoms with Crippen LogP contribution in [0.5, 0.6) is 0 Å². The van der Waals surface area contributed by atoms with Crippen molar-refractivity contribution in [2.75, 3.05) is 7.05 Å². The van der Waals surface area contributed by atoms with Crippen LogP contribution < -0.4 is 10.6 Å². The molecule has 0 radical (unpaired) electrons. The number of guanidine groups is 1. The third-order valence-electron chi connectivity index (χ3n) is 4.56. The summed E-state index contributed by atoms with van der Waals surface area (Å²) in [6, 6.07) is 8.12. The van der Waals surface area contributed by atoms with E-state index >= 15 is 0 Å². The monoisotopic (exact) mass is 354 g/mol. The van der Waals surface area contributed by atoms with Crippen LogP contribution in [0.25, 0.3) is 11.0 Å². The normalized spacial score (nSPS) is 11.9. The van der Waals surface area contributed by atoms with Crippen LogP contribution in [0.2, 0.25) is 0 Å². The van der Waals surface area contributed by atoms with Gasteiger partial charge in [-0.05, 0) is 18.6 Å². The number of nitrogens with zero attached hydrogens (tertiary/aromatic N) is 4. The SMILES string of the molecule is CCc1noc(CC)c1CNC(=NC)NCc1nc2ccccc2n1C. The minimum atomic E-state index is 0.593. The lowest BCUT2D eigenvalue weighted by atomic mass is 10.1. The van der Waals surface area contributed by atoms with Crippen LogP contribution in [0.1, 0.15) is 36.7 Å². The number of benzene rings is 1. The van der Waals surface area contributed by atoms with Gasteiger partial charge in [-0.3, -0.25) is 4.99 Å². The first-order valence-corrected chi connectivity index (χ1v) is 8.99. The summed E-state index contributed by atoms with van der Waals surface area (Å²) in [4.78, 5) is 8.98. The van der Waals surface area contributed by atoms with Gasteiger partial charge in [-0.15, -0.1) is 0 Å². The highest BCUT2D eigenvalue weighted by Gasteiger charge is 2.14. The Morgan fingerprint density at radius 2 is 1.92 bits per heavy atom. The van der Waals surface area contributed by atoms with Crippen LogP contribution in [-0.2, 0) is 33.0 Å². The molecular formula is C19H26N6O. The summed E-state index contributed by atoms with van der Waals surface area (Å²) in [6.45, 7) is 5.38. The van der Waals surface area contributed by atoms with Crippen molar-refractivity contribution >= 4 is 17.0 Å². The number of rotatable bonds is 6. The molecule has 0 aliphatic heterocycles. The standard InChI is InChI=1S/C19H26N6O/c1-5-14-13(17(6-2)26-24-14)11-21-19(20-3)22-12-18-23-15-9-7-8-10-16(15)25(18)4/h7-10H,5-6,11-12H2,1-4H3,(H2,20,21,22). The van der Waals surface area contributed by atoms with Gasteiger partial charge in [0.15, 0.2) is 5.96 Å². The minimum absolute atomic E-state index is 0.593. The largest absolute Gasteiger partial charge is 0.361 e. The Kier molecular flexibility index (Phi) is 5.55. The molecule has 2 aromatic heterocycles. The fourth-order valence-corrected chi connectivity index (χ4v) is 3.05. The van der Waals surface area contributed by atoms with Crippen LogP contribution in [0.4, 0.5) is 0 Å². The topological polar surface area (TPSA) is 80.3 Å². The van der Waals surface area contributed by atoms with Crippen LogP contribution in [0.15, 0.2) is 33.8 Å². The predicted molar refractivity (Wildman–Crippen MR) is 103 cm³/mol. The number of hydrogen-bond acceptors (Lipinski definition) is 4. The summed E-state index contributed by atoms with van der Waals surface area (Å²) in [6.07, 6.45) is 1.68. The molecule has 7 heteroatoms. The molecule has 0 fully saturated rings. The first-order chi connectivity index (χ1) is 12.7. The van der Waals surface area contributed by atoms with Crippen LogP contribution in [0, 0.1) is 0 Å². The highest BCUT2D eigenvalue weighted by molar-refractivity contribution is 5.80. The predicted octanol–water partition coefficient (Wildman–Crippen LogP) is 2.55. The molecule has 3 rings (SSSR count). The molecule has 0 atom stereocenters. The molecule has 26 heavy (non-hydrogen) atoms. The maximum atomic E-state index is 5.42. The van der Waals surface area contributed by atoms with Gasteiger partial charge in [0.05, 0.1) is 23.3 Å². The second kappa shape index (κ2) is 8.03. The van der Waals surface area contributed by atoms with E-state index in [1.165, 1.54) is 0 Å². The highest BCUT2D eigenvalue weighted by atomic mass is 16.5. The Balaban J connectivity index is 1.65. The van der Waals surface area contributed by atoms with Crippen molar-refractivity contribution < 1.29 is 4.52 Å². The van der Waals surface area contributed by atoms with Gasteiger partial charge in [-0.25, -0.2) is 4.98 Å². The Hall–Kier alpha value is -2.83. The smallest absolute Gasteiger partial charge is 0.191 e. The molecule has 1 aromatic carbocycles. The van der Waals surface area contributed by atoms with E-state index in [2.05, 4.69) is 50.2 Å². The Morgan fingerprint density at radius 3 is 2.62 bits per heavy atom. The zero-order valence-electron chi connectivity index (χ0n) is 15.8. The molecule has 3 aromatic rings. The van der Waals surface area contributed by atoms with Crippen molar-refractivity contribution in [3.8, 4) is 0 Å². The zero-order chi connectivity index (χ0) is 18.5. The van der Waals surface area contributed by atoms with E-state index in [9.17, 15) is 0 Å². The summed E-state index contributed by atoms with van der Waals surface area (Å²) in [5.74, 6) is 2.62. The minimum Gasteiger partial charge on any atom is -0.361 e. The highest BCUT2D eigenvalue weighted by Crippen LogP contribution is 2.16. The number of aliphatic imine (C=N–C) groups is 1. The lowest BCUT2D eigenvalue weighted by Gasteiger charge is -2.12. The number of para-hydroxylation sites is 2. The van der Waals surface area contributed by atoms with Gasteiger partial charge < -0.3 is 19.7 Å². The zero-order valence-corrected chi connectivity index (χ0v) is 15.8. The Bertz CT molecular complexity index is 887. The number of aryl methyl sites for hydroxylation is 3. The van der Waals surface area contributed by atoms with Crippen LogP contribution >= 0.6 is 0 Å². The molecule has 0 saturated heterocycles. The molecule has 0 aliphatic carbocycles. The van der Waals surface area contributed by atoms with E-state index in [1.54, 1.807) is 7.05 Å². The van der Waals surface area contributed by atoms with Gasteiger partial charge in [-0.2, -0.15) is 0 Å². The van der Waals surface area contributed by atoms with Crippen molar-refractivity contribution in [2.24, 2.45) is 12.0 Å². The molecule has 7 nitrogen and oxygen atoms in total. The van der Waals surface area contributed by atoms with Crippen LogP contribution in [-0.4, -0.2) is 27.7 Å². The maximum absolute atomic E-state index is 5.42. The lowest BCUT2D eigenvalue weighted by Crippen LogP contribution is -2.37. The van der Waals surface area contributed by atoms with Crippen molar-refractivity contribution in [2.45, 2.75) is 39.8 Å². The third-order valence-corrected chi connectivity index (χ3v) is 4.56. The number of hydrogen-bond donors (Lipinski definition) is 2. The summed E-state index contributed by atoms with van der Waals surface area (Å²) in [5, 5.41) is 10.8. The summed E-state index contributed by atoms with van der Waals surface area (Å²) >= 11 is 0. The summed E-state index contributed by atoms with van der Waals surface area (Å²) in [5.41, 5.74) is 4.25. The molecule has 2 heterocycles. The average molecular weight is 354 g/mol. The maximum Gasteiger partial charge on any atom is 0.191 e. The molecule has 0 spiro atoms. The quantitative estimate of drug-likeness (QED) is 0.525. The summed E-state index contributed by atoms with van der Waals surface area (Å²) < 4.78 is 7.51. The van der Waals surface area contributed by atoms with Crippen molar-refractivity contribution in [3.63, 3.8) is 0 Å². The summed E-state index contributed by atoms with van der Waals surface area (Å²) in [7, 11) is 3.79. The second-order valence-corrected chi connectivity index (χ2v) is 6.09. The number of fused-ring (bicyclic) bond motifs is 1. The Morgan fingerprint density at radius 1 is 1.15 bits per heavy atom. The molecular weight excluding hydrogens is 328 g/mol. The van der Waals surface area contributed by atoms with E-state index in [0.717, 1.165) is 52.7 Å². The number of nitrogens with one attached hydrogen (secondary N) is 2. The molecule has 0 aliphatic rings. The molecule has 0 saturated carbocycles. The first-order valence-electron chi connectivity index (χ1n) is 8.99. The van der Waals surface area contributed by atoms with Gasteiger partial charge >= 0.3 is 0 Å². The second-order valence-electron chi connectivity index (χ2n) is 6.09. The van der Waals surface area contributed by atoms with Gasteiger partial charge in [0.1, 0.15) is 11.6 Å². The first kappa shape index (κ1) is 18.0. The van der Waals surface area contributed by atoms with Crippen molar-refractivity contribution in [1.82, 2.24) is 25.3 Å². The van der Waals surface area contributed by atoms with E-state index in [-0.39, 0.29) is 0 Å². The molecule has 0 bridgehead atoms. The van der Waals surface area contributed by atoms with Crippen LogP contribution in [0.3, 0.4) is 0 Å². The number of imidazole rings is 1. The van der Waals surface area contributed by atoms with Crippen molar-refractivity contribution in [1.29, 1.82) is 0 Å². The molecule has 2 N–H and O–H groups in total. The van der Waals surface area contributed by atoms with Gasteiger partial charge in [-0.1, -0.05) is 31.1 Å². The van der Waals surface area contributed by atoms with E-state index in [0.29, 0.717) is 13.1 Å².